The zero-order valence-corrected chi connectivity index (χ0v) is 14.7. The molecule has 0 aromatic heterocycles. The highest BCUT2D eigenvalue weighted by Gasteiger charge is 2.12. The van der Waals surface area contributed by atoms with Gasteiger partial charge in [-0.1, -0.05) is 26.0 Å². The maximum absolute atomic E-state index is 12.2. The van der Waals surface area contributed by atoms with Gasteiger partial charge in [0.2, 0.25) is 0 Å². The fourth-order valence-corrected chi connectivity index (χ4v) is 2.50. The molecule has 4 nitrogen and oxygen atoms in total. The number of amides is 2. The summed E-state index contributed by atoms with van der Waals surface area (Å²) in [5.41, 5.74) is 2.47. The van der Waals surface area contributed by atoms with E-state index in [0.29, 0.717) is 12.5 Å². The summed E-state index contributed by atoms with van der Waals surface area (Å²) in [5, 5.41) is 3.03. The Labute approximate surface area is 135 Å². The molecule has 1 rings (SSSR count). The highest BCUT2D eigenvalue weighted by Crippen LogP contribution is 2.14. The maximum Gasteiger partial charge on any atom is 0.317 e. The number of hydrogen-bond acceptors (Lipinski definition) is 2. The third-order valence-electron chi connectivity index (χ3n) is 3.66. The number of carbonyl (C=O) groups is 1. The summed E-state index contributed by atoms with van der Waals surface area (Å²) in [6.45, 7) is 14.5. The van der Waals surface area contributed by atoms with E-state index in [0.717, 1.165) is 26.2 Å². The second-order valence-electron chi connectivity index (χ2n) is 6.08. The van der Waals surface area contributed by atoms with Crippen LogP contribution >= 0.6 is 0 Å². The van der Waals surface area contributed by atoms with Crippen LogP contribution in [0.25, 0.3) is 0 Å². The number of benzene rings is 1. The third-order valence-corrected chi connectivity index (χ3v) is 3.66. The topological polar surface area (TPSA) is 35.6 Å². The van der Waals surface area contributed by atoms with Crippen molar-refractivity contribution >= 4 is 11.7 Å². The van der Waals surface area contributed by atoms with Gasteiger partial charge in [-0.05, 0) is 44.4 Å². The zero-order chi connectivity index (χ0) is 16.5. The van der Waals surface area contributed by atoms with E-state index in [2.05, 4.69) is 62.2 Å². The van der Waals surface area contributed by atoms with Crippen molar-refractivity contribution in [1.82, 2.24) is 10.2 Å². The van der Waals surface area contributed by atoms with Gasteiger partial charge in [-0.25, -0.2) is 4.79 Å². The standard InChI is InChI=1S/C18H31N3O/c1-6-20(17-10-8-9-16(5)13-17)12-11-19-18(22)21(7-2)14-15(3)4/h8-10,13,15H,6-7,11-12,14H2,1-5H3,(H,19,22). The van der Waals surface area contributed by atoms with Gasteiger partial charge in [0.1, 0.15) is 0 Å². The van der Waals surface area contributed by atoms with Crippen LogP contribution in [0.1, 0.15) is 33.3 Å². The fourth-order valence-electron chi connectivity index (χ4n) is 2.50. The van der Waals surface area contributed by atoms with Gasteiger partial charge < -0.3 is 15.1 Å². The van der Waals surface area contributed by atoms with Crippen LogP contribution in [0, 0.1) is 12.8 Å². The van der Waals surface area contributed by atoms with E-state index < -0.39 is 0 Å². The van der Waals surface area contributed by atoms with Crippen LogP contribution in [-0.2, 0) is 0 Å². The van der Waals surface area contributed by atoms with Crippen LogP contribution in [0.15, 0.2) is 24.3 Å². The number of urea groups is 1. The monoisotopic (exact) mass is 305 g/mol. The molecule has 0 saturated carbocycles. The van der Waals surface area contributed by atoms with Crippen LogP contribution in [0.4, 0.5) is 10.5 Å². The second-order valence-corrected chi connectivity index (χ2v) is 6.08. The van der Waals surface area contributed by atoms with Gasteiger partial charge in [0, 0.05) is 38.4 Å². The Kier molecular flexibility index (Phi) is 7.78. The molecule has 1 aromatic carbocycles. The lowest BCUT2D eigenvalue weighted by Gasteiger charge is -2.26. The first kappa shape index (κ1) is 18.3. The molecule has 1 N–H and O–H groups in total. The van der Waals surface area contributed by atoms with Crippen molar-refractivity contribution in [2.45, 2.75) is 34.6 Å². The summed E-state index contributed by atoms with van der Waals surface area (Å²) < 4.78 is 0. The minimum atomic E-state index is 0.0384. The SMILES string of the molecule is CCN(CC(C)C)C(=O)NCCN(CC)c1cccc(C)c1. The summed E-state index contributed by atoms with van der Waals surface area (Å²) in [7, 11) is 0. The quantitative estimate of drug-likeness (QED) is 0.798. The maximum atomic E-state index is 12.2. The average molecular weight is 305 g/mol. The highest BCUT2D eigenvalue weighted by molar-refractivity contribution is 5.74. The van der Waals surface area contributed by atoms with Crippen molar-refractivity contribution in [1.29, 1.82) is 0 Å². The Morgan fingerprint density at radius 3 is 2.50 bits per heavy atom. The number of rotatable bonds is 8. The van der Waals surface area contributed by atoms with E-state index in [9.17, 15) is 4.79 Å². The highest BCUT2D eigenvalue weighted by atomic mass is 16.2. The normalized spacial score (nSPS) is 10.6. The van der Waals surface area contributed by atoms with Crippen molar-refractivity contribution in [3.8, 4) is 0 Å². The molecule has 0 atom stereocenters. The van der Waals surface area contributed by atoms with Crippen LogP contribution in [-0.4, -0.2) is 43.7 Å². The third kappa shape index (κ3) is 5.96. The Morgan fingerprint density at radius 1 is 1.23 bits per heavy atom. The zero-order valence-electron chi connectivity index (χ0n) is 14.7. The second kappa shape index (κ2) is 9.34. The summed E-state index contributed by atoms with van der Waals surface area (Å²) in [4.78, 5) is 16.3. The number of carbonyl (C=O) groups excluding carboxylic acids is 1. The molecule has 0 radical (unpaired) electrons. The van der Waals surface area contributed by atoms with Crippen molar-refractivity contribution < 1.29 is 4.79 Å². The Hall–Kier alpha value is -1.71. The molecule has 0 aliphatic rings. The minimum Gasteiger partial charge on any atom is -0.370 e. The van der Waals surface area contributed by atoms with E-state index >= 15 is 0 Å². The molecule has 0 unspecified atom stereocenters. The van der Waals surface area contributed by atoms with E-state index in [1.165, 1.54) is 11.3 Å². The van der Waals surface area contributed by atoms with Gasteiger partial charge in [-0.3, -0.25) is 0 Å². The first-order chi connectivity index (χ1) is 10.5. The smallest absolute Gasteiger partial charge is 0.317 e. The summed E-state index contributed by atoms with van der Waals surface area (Å²) in [5.74, 6) is 0.491. The Bertz CT molecular complexity index is 459. The molecule has 22 heavy (non-hydrogen) atoms. The van der Waals surface area contributed by atoms with Crippen molar-refractivity contribution in [3.63, 3.8) is 0 Å². The fraction of sp³-hybridized carbons (Fsp3) is 0.611. The van der Waals surface area contributed by atoms with E-state index in [-0.39, 0.29) is 6.03 Å². The van der Waals surface area contributed by atoms with E-state index in [1.807, 2.05) is 11.8 Å². The number of aryl methyl sites for hydroxylation is 1. The lowest BCUT2D eigenvalue weighted by atomic mass is 10.2. The van der Waals surface area contributed by atoms with Crippen molar-refractivity contribution in [2.24, 2.45) is 5.92 Å². The molecule has 4 heteroatoms. The van der Waals surface area contributed by atoms with Gasteiger partial charge in [0.05, 0.1) is 0 Å². The molecule has 0 fully saturated rings. The number of hydrogen-bond donors (Lipinski definition) is 1. The van der Waals surface area contributed by atoms with Gasteiger partial charge in [-0.2, -0.15) is 0 Å². The lowest BCUT2D eigenvalue weighted by molar-refractivity contribution is 0.194. The molecule has 0 bridgehead atoms. The number of nitrogens with zero attached hydrogens (tertiary/aromatic N) is 2. The summed E-state index contributed by atoms with van der Waals surface area (Å²) in [6, 6.07) is 8.52. The molecular formula is C18H31N3O. The predicted octanol–water partition coefficient (Wildman–Crippen LogP) is 3.51. The number of anilines is 1. The van der Waals surface area contributed by atoms with Gasteiger partial charge in [0.15, 0.2) is 0 Å². The van der Waals surface area contributed by atoms with Crippen LogP contribution in [0.2, 0.25) is 0 Å². The summed E-state index contributed by atoms with van der Waals surface area (Å²) in [6.07, 6.45) is 0. The first-order valence-electron chi connectivity index (χ1n) is 8.32. The van der Waals surface area contributed by atoms with Crippen LogP contribution < -0.4 is 10.2 Å². The number of likely N-dealkylation sites (N-methyl/N-ethyl adjacent to an activating group) is 1. The summed E-state index contributed by atoms with van der Waals surface area (Å²) >= 11 is 0. The van der Waals surface area contributed by atoms with E-state index in [1.54, 1.807) is 0 Å². The molecule has 0 aliphatic heterocycles. The largest absolute Gasteiger partial charge is 0.370 e. The minimum absolute atomic E-state index is 0.0384. The molecule has 0 spiro atoms. The van der Waals surface area contributed by atoms with E-state index in [4.69, 9.17) is 0 Å². The first-order valence-corrected chi connectivity index (χ1v) is 8.32. The number of nitrogens with one attached hydrogen (secondary N) is 1. The molecule has 1 aromatic rings. The van der Waals surface area contributed by atoms with Crippen LogP contribution in [0.3, 0.4) is 0 Å². The molecule has 124 valence electrons. The van der Waals surface area contributed by atoms with Crippen LogP contribution in [0.5, 0.6) is 0 Å². The molecule has 0 saturated heterocycles. The lowest BCUT2D eigenvalue weighted by Crippen LogP contribution is -2.44. The average Bonchev–Trinajstić information content (AvgIpc) is 2.48. The molecule has 0 aliphatic carbocycles. The molecule has 2 amide bonds. The predicted molar refractivity (Wildman–Crippen MR) is 94.5 cm³/mol. The van der Waals surface area contributed by atoms with Crippen molar-refractivity contribution in [2.75, 3.05) is 37.6 Å². The molecule has 0 heterocycles. The van der Waals surface area contributed by atoms with Gasteiger partial charge in [-0.15, -0.1) is 0 Å². The van der Waals surface area contributed by atoms with Gasteiger partial charge in [0.25, 0.3) is 0 Å². The van der Waals surface area contributed by atoms with Gasteiger partial charge >= 0.3 is 6.03 Å². The Balaban J connectivity index is 2.48. The molecular weight excluding hydrogens is 274 g/mol. The Morgan fingerprint density at radius 2 is 1.95 bits per heavy atom. The van der Waals surface area contributed by atoms with Crippen molar-refractivity contribution in [3.05, 3.63) is 29.8 Å².